The second-order valence-electron chi connectivity index (χ2n) is 7.22. The number of amides is 1. The third-order valence-electron chi connectivity index (χ3n) is 4.74. The number of thiazole rings is 1. The second-order valence-corrected chi connectivity index (χ2v) is 9.24. The van der Waals surface area contributed by atoms with Crippen LogP contribution in [0.5, 0.6) is 0 Å². The summed E-state index contributed by atoms with van der Waals surface area (Å²) in [6, 6.07) is 10.8. The van der Waals surface area contributed by atoms with Gasteiger partial charge in [-0.1, -0.05) is 47.0 Å². The monoisotopic (exact) mass is 472 g/mol. The zero-order chi connectivity index (χ0) is 22.3. The van der Waals surface area contributed by atoms with Crippen LogP contribution in [0.25, 0.3) is 21.5 Å². The summed E-state index contributed by atoms with van der Waals surface area (Å²) in [6.45, 7) is 5.60. The molecule has 0 aliphatic heterocycles. The van der Waals surface area contributed by atoms with Gasteiger partial charge in [-0.2, -0.15) is 5.10 Å². The first-order valence-electron chi connectivity index (χ1n) is 9.43. The van der Waals surface area contributed by atoms with E-state index >= 15 is 0 Å². The minimum absolute atomic E-state index is 0.260. The first-order chi connectivity index (χ1) is 14.7. The molecule has 9 heteroatoms. The predicted molar refractivity (Wildman–Crippen MR) is 126 cm³/mol. The van der Waals surface area contributed by atoms with Crippen LogP contribution in [0.4, 0.5) is 5.69 Å². The van der Waals surface area contributed by atoms with Gasteiger partial charge in [0, 0.05) is 11.3 Å². The number of hydrogen-bond donors (Lipinski definition) is 1. The lowest BCUT2D eigenvalue weighted by Crippen LogP contribution is -2.30. The molecule has 2 aromatic carbocycles. The van der Waals surface area contributed by atoms with Gasteiger partial charge in [-0.15, -0.1) is 11.3 Å². The lowest BCUT2D eigenvalue weighted by molar-refractivity contribution is -0.117. The highest BCUT2D eigenvalue weighted by Crippen LogP contribution is 2.31. The maximum Gasteiger partial charge on any atom is 0.294 e. The van der Waals surface area contributed by atoms with Crippen LogP contribution in [0.3, 0.4) is 0 Å². The Balaban J connectivity index is 1.75. The summed E-state index contributed by atoms with van der Waals surface area (Å²) in [6.07, 6.45) is 0. The summed E-state index contributed by atoms with van der Waals surface area (Å²) in [5, 5.41) is 8.75. The van der Waals surface area contributed by atoms with Crippen LogP contribution < -0.4 is 10.9 Å². The highest BCUT2D eigenvalue weighted by atomic mass is 35.5. The summed E-state index contributed by atoms with van der Waals surface area (Å²) >= 11 is 13.3. The smallest absolute Gasteiger partial charge is 0.294 e. The molecule has 0 radical (unpaired) electrons. The molecule has 158 valence electrons. The van der Waals surface area contributed by atoms with E-state index in [9.17, 15) is 9.59 Å². The zero-order valence-corrected chi connectivity index (χ0v) is 19.3. The summed E-state index contributed by atoms with van der Waals surface area (Å²) in [4.78, 5) is 30.0. The number of nitrogens with one attached hydrogen (secondary N) is 1. The van der Waals surface area contributed by atoms with Gasteiger partial charge in [0.1, 0.15) is 12.2 Å². The Morgan fingerprint density at radius 2 is 1.87 bits per heavy atom. The van der Waals surface area contributed by atoms with Crippen molar-refractivity contribution in [2.45, 2.75) is 27.3 Å². The van der Waals surface area contributed by atoms with E-state index in [1.165, 1.54) is 11.3 Å². The standard InChI is InChI=1S/C22H18Cl2N4O2S/c1-11-4-6-15(12(2)8-11)19-21-20(25-13(3)31-21)22(30)28(27-19)10-18(29)26-14-5-7-16(23)17(24)9-14/h4-9H,10H2,1-3H3,(H,26,29). The van der Waals surface area contributed by atoms with Crippen molar-refractivity contribution in [1.29, 1.82) is 0 Å². The lowest BCUT2D eigenvalue weighted by atomic mass is 10.0. The molecule has 6 nitrogen and oxygen atoms in total. The number of nitrogens with zero attached hydrogens (tertiary/aromatic N) is 3. The van der Waals surface area contributed by atoms with Crippen LogP contribution in [0.15, 0.2) is 41.2 Å². The van der Waals surface area contributed by atoms with E-state index in [4.69, 9.17) is 23.2 Å². The summed E-state index contributed by atoms with van der Waals surface area (Å²) in [5.41, 5.74) is 4.09. The van der Waals surface area contributed by atoms with Crippen molar-refractivity contribution in [3.63, 3.8) is 0 Å². The highest BCUT2D eigenvalue weighted by Gasteiger charge is 2.19. The molecule has 2 aromatic heterocycles. The van der Waals surface area contributed by atoms with Gasteiger partial charge in [0.05, 0.1) is 19.8 Å². The lowest BCUT2D eigenvalue weighted by Gasteiger charge is -2.11. The molecule has 0 saturated heterocycles. The van der Waals surface area contributed by atoms with Crippen molar-refractivity contribution < 1.29 is 4.79 Å². The van der Waals surface area contributed by atoms with E-state index in [2.05, 4.69) is 21.5 Å². The van der Waals surface area contributed by atoms with Crippen LogP contribution in [0.2, 0.25) is 10.0 Å². The predicted octanol–water partition coefficient (Wildman–Crippen LogP) is 5.39. The third-order valence-corrected chi connectivity index (χ3v) is 6.46. The van der Waals surface area contributed by atoms with Gasteiger partial charge in [-0.25, -0.2) is 9.67 Å². The molecular formula is C22H18Cl2N4O2S. The molecule has 4 rings (SSSR count). The van der Waals surface area contributed by atoms with Gasteiger partial charge in [-0.05, 0) is 44.5 Å². The van der Waals surface area contributed by atoms with E-state index in [-0.39, 0.29) is 6.54 Å². The molecule has 0 unspecified atom stereocenters. The number of aromatic nitrogens is 3. The Hall–Kier alpha value is -2.74. The number of rotatable bonds is 4. The number of fused-ring (bicyclic) bond motifs is 1. The number of hydrogen-bond acceptors (Lipinski definition) is 5. The van der Waals surface area contributed by atoms with Gasteiger partial charge in [0.25, 0.3) is 5.56 Å². The Kier molecular flexibility index (Phi) is 5.83. The third kappa shape index (κ3) is 4.35. The SMILES string of the molecule is Cc1ccc(-c2nn(CC(=O)Nc3ccc(Cl)c(Cl)c3)c(=O)c3nc(C)sc23)c(C)c1. The Bertz CT molecular complexity index is 1390. The number of carbonyl (C=O) groups excluding carboxylic acids is 1. The molecule has 0 spiro atoms. The molecule has 0 fully saturated rings. The molecular weight excluding hydrogens is 455 g/mol. The van der Waals surface area contributed by atoms with Crippen molar-refractivity contribution in [1.82, 2.24) is 14.8 Å². The van der Waals surface area contributed by atoms with Crippen LogP contribution in [0.1, 0.15) is 16.1 Å². The van der Waals surface area contributed by atoms with Crippen molar-refractivity contribution in [3.05, 3.63) is 72.9 Å². The number of anilines is 1. The Labute approximate surface area is 192 Å². The molecule has 4 aromatic rings. The van der Waals surface area contributed by atoms with Gasteiger partial charge in [0.15, 0.2) is 5.52 Å². The number of benzene rings is 2. The first kappa shape index (κ1) is 21.5. The number of carbonyl (C=O) groups is 1. The minimum atomic E-state index is -0.411. The summed E-state index contributed by atoms with van der Waals surface area (Å²) in [7, 11) is 0. The fourth-order valence-electron chi connectivity index (χ4n) is 3.34. The topological polar surface area (TPSA) is 76.9 Å². The average Bonchev–Trinajstić information content (AvgIpc) is 3.09. The first-order valence-corrected chi connectivity index (χ1v) is 11.0. The van der Waals surface area contributed by atoms with Crippen LogP contribution >= 0.6 is 34.5 Å². The molecule has 0 aliphatic carbocycles. The Morgan fingerprint density at radius 3 is 2.58 bits per heavy atom. The van der Waals surface area contributed by atoms with Gasteiger partial charge < -0.3 is 5.32 Å². The Morgan fingerprint density at radius 1 is 1.10 bits per heavy atom. The zero-order valence-electron chi connectivity index (χ0n) is 17.0. The van der Waals surface area contributed by atoms with E-state index in [1.54, 1.807) is 18.2 Å². The van der Waals surface area contributed by atoms with Crippen molar-refractivity contribution in [3.8, 4) is 11.3 Å². The molecule has 0 bridgehead atoms. The second kappa shape index (κ2) is 8.42. The van der Waals surface area contributed by atoms with E-state index in [0.29, 0.717) is 26.9 Å². The summed E-state index contributed by atoms with van der Waals surface area (Å²) < 4.78 is 1.87. The molecule has 0 atom stereocenters. The van der Waals surface area contributed by atoms with Crippen molar-refractivity contribution in [2.75, 3.05) is 5.32 Å². The summed E-state index contributed by atoms with van der Waals surface area (Å²) in [5.74, 6) is -0.411. The molecule has 31 heavy (non-hydrogen) atoms. The fraction of sp³-hybridized carbons (Fsp3) is 0.182. The average molecular weight is 473 g/mol. The largest absolute Gasteiger partial charge is 0.324 e. The maximum absolute atomic E-state index is 13.0. The molecule has 1 amide bonds. The van der Waals surface area contributed by atoms with Crippen molar-refractivity contribution >= 4 is 56.3 Å². The van der Waals surface area contributed by atoms with Crippen molar-refractivity contribution in [2.24, 2.45) is 0 Å². The molecule has 2 heterocycles. The highest BCUT2D eigenvalue weighted by molar-refractivity contribution is 7.19. The van der Waals surface area contributed by atoms with Gasteiger partial charge in [-0.3, -0.25) is 9.59 Å². The molecule has 0 aliphatic rings. The van der Waals surface area contributed by atoms with Gasteiger partial charge in [0.2, 0.25) is 5.91 Å². The minimum Gasteiger partial charge on any atom is -0.324 e. The van der Waals surface area contributed by atoms with E-state index in [0.717, 1.165) is 31.1 Å². The van der Waals surface area contributed by atoms with Gasteiger partial charge >= 0.3 is 0 Å². The number of aryl methyl sites for hydroxylation is 3. The van der Waals surface area contributed by atoms with E-state index < -0.39 is 11.5 Å². The van der Waals surface area contributed by atoms with Crippen LogP contribution in [-0.4, -0.2) is 20.7 Å². The fourth-order valence-corrected chi connectivity index (χ4v) is 4.55. The van der Waals surface area contributed by atoms with E-state index in [1.807, 2.05) is 32.9 Å². The van der Waals surface area contributed by atoms with Crippen LogP contribution in [-0.2, 0) is 11.3 Å². The number of halogens is 2. The quantitative estimate of drug-likeness (QED) is 0.431. The van der Waals surface area contributed by atoms with Crippen LogP contribution in [0, 0.1) is 20.8 Å². The normalized spacial score (nSPS) is 11.1. The molecule has 0 saturated carbocycles. The maximum atomic E-state index is 13.0. The molecule has 1 N–H and O–H groups in total.